The van der Waals surface area contributed by atoms with Gasteiger partial charge in [0.25, 0.3) is 0 Å². The van der Waals surface area contributed by atoms with Crippen LogP contribution in [-0.2, 0) is 0 Å². The van der Waals surface area contributed by atoms with Gasteiger partial charge < -0.3 is 5.11 Å². The second-order valence-electron chi connectivity index (χ2n) is 4.46. The number of aryl methyl sites for hydroxylation is 1. The molecule has 2 aromatic rings. The van der Waals surface area contributed by atoms with Crippen molar-refractivity contribution < 1.29 is 9.90 Å². The summed E-state index contributed by atoms with van der Waals surface area (Å²) in [4.78, 5) is 15.1. The minimum absolute atomic E-state index is 0.265. The smallest absolute Gasteiger partial charge is 0.336 e. The highest BCUT2D eigenvalue weighted by Crippen LogP contribution is 2.19. The molecule has 1 aromatic carbocycles. The van der Waals surface area contributed by atoms with Crippen LogP contribution in [0.25, 0.3) is 11.6 Å². The molecule has 0 saturated carbocycles. The van der Waals surface area contributed by atoms with Crippen LogP contribution in [0.15, 0.2) is 42.7 Å². The van der Waals surface area contributed by atoms with Gasteiger partial charge in [-0.1, -0.05) is 29.8 Å². The molecule has 19 heavy (non-hydrogen) atoms. The van der Waals surface area contributed by atoms with Crippen molar-refractivity contribution in [1.29, 1.82) is 0 Å². The Morgan fingerprint density at radius 1 is 1.21 bits per heavy atom. The lowest BCUT2D eigenvalue weighted by Crippen LogP contribution is -1.99. The van der Waals surface area contributed by atoms with Crippen LogP contribution < -0.4 is 0 Å². The molecule has 3 nitrogen and oxygen atoms in total. The van der Waals surface area contributed by atoms with E-state index in [0.29, 0.717) is 5.56 Å². The molecular weight excluding hydrogens is 238 g/mol. The van der Waals surface area contributed by atoms with Gasteiger partial charge in [0.1, 0.15) is 0 Å². The molecule has 1 heterocycles. The van der Waals surface area contributed by atoms with E-state index in [9.17, 15) is 4.79 Å². The third-order valence-electron chi connectivity index (χ3n) is 2.96. The first-order valence-corrected chi connectivity index (χ1v) is 6.00. The Morgan fingerprint density at radius 3 is 2.53 bits per heavy atom. The Labute approximate surface area is 112 Å². The number of carbonyl (C=O) groups is 1. The van der Waals surface area contributed by atoms with Crippen molar-refractivity contribution in [2.45, 2.75) is 13.8 Å². The zero-order valence-electron chi connectivity index (χ0n) is 10.9. The van der Waals surface area contributed by atoms with Crippen LogP contribution in [0, 0.1) is 6.92 Å². The minimum Gasteiger partial charge on any atom is -0.478 e. The van der Waals surface area contributed by atoms with Gasteiger partial charge in [0, 0.05) is 18.0 Å². The van der Waals surface area contributed by atoms with Crippen LogP contribution in [0.2, 0.25) is 0 Å². The summed E-state index contributed by atoms with van der Waals surface area (Å²) in [5.41, 5.74) is 4.17. The number of allylic oxidation sites excluding steroid dienone is 1. The van der Waals surface area contributed by atoms with Gasteiger partial charge in [-0.15, -0.1) is 0 Å². The number of carboxylic acids is 1. The normalized spacial score (nSPS) is 11.4. The third-order valence-corrected chi connectivity index (χ3v) is 2.96. The zero-order chi connectivity index (χ0) is 13.8. The Bertz CT molecular complexity index is 627. The van der Waals surface area contributed by atoms with Crippen LogP contribution in [-0.4, -0.2) is 16.1 Å². The average Bonchev–Trinajstić information content (AvgIpc) is 2.39. The summed E-state index contributed by atoms with van der Waals surface area (Å²) in [7, 11) is 0. The monoisotopic (exact) mass is 253 g/mol. The molecule has 0 aliphatic rings. The van der Waals surface area contributed by atoms with Crippen molar-refractivity contribution >= 4 is 17.6 Å². The second kappa shape index (κ2) is 5.48. The van der Waals surface area contributed by atoms with Crippen LogP contribution in [0.4, 0.5) is 0 Å². The standard InChI is InChI=1S/C16H15NO2/c1-11-3-5-13(6-4-11)12(2)9-14-10-17-8-7-15(14)16(18)19/h3-10H,1-2H3,(H,18,19)/b12-9+. The van der Waals surface area contributed by atoms with Gasteiger partial charge in [-0.25, -0.2) is 4.79 Å². The topological polar surface area (TPSA) is 50.2 Å². The molecule has 1 N–H and O–H groups in total. The van der Waals surface area contributed by atoms with Crippen molar-refractivity contribution in [2.24, 2.45) is 0 Å². The molecule has 0 radical (unpaired) electrons. The summed E-state index contributed by atoms with van der Waals surface area (Å²) in [5, 5.41) is 9.13. The molecular formula is C16H15NO2. The summed E-state index contributed by atoms with van der Waals surface area (Å²) in [6.07, 6.45) is 4.91. The predicted molar refractivity (Wildman–Crippen MR) is 75.9 cm³/mol. The molecule has 0 spiro atoms. The molecule has 96 valence electrons. The molecule has 2 rings (SSSR count). The number of hydrogen-bond acceptors (Lipinski definition) is 2. The highest BCUT2D eigenvalue weighted by Gasteiger charge is 2.08. The molecule has 0 amide bonds. The minimum atomic E-state index is -0.939. The van der Waals surface area contributed by atoms with Gasteiger partial charge in [0.15, 0.2) is 0 Å². The zero-order valence-corrected chi connectivity index (χ0v) is 10.9. The molecule has 0 aliphatic heterocycles. The van der Waals surface area contributed by atoms with E-state index in [1.165, 1.54) is 17.8 Å². The van der Waals surface area contributed by atoms with E-state index in [1.807, 2.05) is 44.2 Å². The highest BCUT2D eigenvalue weighted by atomic mass is 16.4. The van der Waals surface area contributed by atoms with Crippen molar-refractivity contribution in [2.75, 3.05) is 0 Å². The molecule has 0 aliphatic carbocycles. The van der Waals surface area contributed by atoms with E-state index in [4.69, 9.17) is 5.11 Å². The first kappa shape index (κ1) is 13.0. The number of nitrogens with zero attached hydrogens (tertiary/aromatic N) is 1. The maximum atomic E-state index is 11.1. The Kier molecular flexibility index (Phi) is 3.76. The number of rotatable bonds is 3. The Balaban J connectivity index is 2.41. The molecule has 0 atom stereocenters. The van der Waals surface area contributed by atoms with Gasteiger partial charge in [0.05, 0.1) is 5.56 Å². The number of pyridine rings is 1. The lowest BCUT2D eigenvalue weighted by Gasteiger charge is -2.04. The van der Waals surface area contributed by atoms with E-state index in [1.54, 1.807) is 6.20 Å². The van der Waals surface area contributed by atoms with E-state index < -0.39 is 5.97 Å². The van der Waals surface area contributed by atoms with E-state index in [0.717, 1.165) is 11.1 Å². The number of aromatic carboxylic acids is 1. The maximum absolute atomic E-state index is 11.1. The van der Waals surface area contributed by atoms with Gasteiger partial charge >= 0.3 is 5.97 Å². The van der Waals surface area contributed by atoms with Gasteiger partial charge in [-0.2, -0.15) is 0 Å². The SMILES string of the molecule is C/C(=C\c1cnccc1C(=O)O)c1ccc(C)cc1. The van der Waals surface area contributed by atoms with Gasteiger partial charge in [-0.3, -0.25) is 4.98 Å². The fraction of sp³-hybridized carbons (Fsp3) is 0.125. The van der Waals surface area contributed by atoms with Crippen molar-refractivity contribution in [3.05, 3.63) is 65.0 Å². The first-order valence-electron chi connectivity index (χ1n) is 6.00. The van der Waals surface area contributed by atoms with Crippen LogP contribution in [0.5, 0.6) is 0 Å². The molecule has 0 unspecified atom stereocenters. The van der Waals surface area contributed by atoms with Crippen LogP contribution >= 0.6 is 0 Å². The summed E-state index contributed by atoms with van der Waals surface area (Å²) in [5.74, 6) is -0.939. The van der Waals surface area contributed by atoms with Gasteiger partial charge in [0.2, 0.25) is 0 Å². The fourth-order valence-electron chi connectivity index (χ4n) is 1.85. The van der Waals surface area contributed by atoms with E-state index >= 15 is 0 Å². The predicted octanol–water partition coefficient (Wildman–Crippen LogP) is 3.65. The summed E-state index contributed by atoms with van der Waals surface area (Å²) in [6.45, 7) is 4.00. The Morgan fingerprint density at radius 2 is 1.89 bits per heavy atom. The lowest BCUT2D eigenvalue weighted by molar-refractivity contribution is 0.0696. The number of aromatic nitrogens is 1. The van der Waals surface area contributed by atoms with Gasteiger partial charge in [-0.05, 0) is 37.1 Å². The molecule has 0 saturated heterocycles. The quantitative estimate of drug-likeness (QED) is 0.908. The number of carboxylic acid groups (broad SMARTS) is 1. The molecule has 3 heteroatoms. The van der Waals surface area contributed by atoms with Crippen LogP contribution in [0.3, 0.4) is 0 Å². The highest BCUT2D eigenvalue weighted by molar-refractivity contribution is 5.94. The number of benzene rings is 1. The molecule has 0 bridgehead atoms. The maximum Gasteiger partial charge on any atom is 0.336 e. The van der Waals surface area contributed by atoms with E-state index in [-0.39, 0.29) is 5.56 Å². The lowest BCUT2D eigenvalue weighted by atomic mass is 10.0. The van der Waals surface area contributed by atoms with Crippen LogP contribution in [0.1, 0.15) is 34.0 Å². The summed E-state index contributed by atoms with van der Waals surface area (Å²) in [6, 6.07) is 9.63. The van der Waals surface area contributed by atoms with Crippen molar-refractivity contribution in [3.63, 3.8) is 0 Å². The largest absolute Gasteiger partial charge is 0.478 e. The summed E-state index contributed by atoms with van der Waals surface area (Å²) < 4.78 is 0. The fourth-order valence-corrected chi connectivity index (χ4v) is 1.85. The molecule has 1 aromatic heterocycles. The third kappa shape index (κ3) is 3.07. The average molecular weight is 253 g/mol. The molecule has 0 fully saturated rings. The number of hydrogen-bond donors (Lipinski definition) is 1. The van der Waals surface area contributed by atoms with Crippen molar-refractivity contribution in [1.82, 2.24) is 4.98 Å². The summed E-state index contributed by atoms with van der Waals surface area (Å²) >= 11 is 0. The van der Waals surface area contributed by atoms with Crippen molar-refractivity contribution in [3.8, 4) is 0 Å². The van der Waals surface area contributed by atoms with E-state index in [2.05, 4.69) is 4.98 Å². The first-order chi connectivity index (χ1) is 9.08. The second-order valence-corrected chi connectivity index (χ2v) is 4.46. The Hall–Kier alpha value is -2.42.